The molecule has 4 atom stereocenters. The zero-order chi connectivity index (χ0) is 16.5. The highest BCUT2D eigenvalue weighted by Crippen LogP contribution is 2.60. The molecule has 2 aliphatic carbocycles. The summed E-state index contributed by atoms with van der Waals surface area (Å²) in [7, 11) is 0. The van der Waals surface area contributed by atoms with Gasteiger partial charge in [0.2, 0.25) is 11.8 Å². The molecule has 2 amide bonds. The lowest BCUT2D eigenvalue weighted by Crippen LogP contribution is -2.33. The zero-order valence-electron chi connectivity index (χ0n) is 14.2. The van der Waals surface area contributed by atoms with E-state index in [0.29, 0.717) is 11.8 Å². The number of carbonyl (C=O) groups is 2. The van der Waals surface area contributed by atoms with E-state index >= 15 is 0 Å². The first-order valence-corrected chi connectivity index (χ1v) is 8.54. The monoisotopic (exact) mass is 309 g/mol. The van der Waals surface area contributed by atoms with Crippen LogP contribution in [0.15, 0.2) is 29.3 Å². The molecular formula is C20H23NO2. The average molecular weight is 309 g/mol. The van der Waals surface area contributed by atoms with Crippen LogP contribution in [-0.2, 0) is 9.59 Å². The Hall–Kier alpha value is -1.90. The number of hydrogen-bond donors (Lipinski definition) is 0. The number of imide groups is 1. The quantitative estimate of drug-likeness (QED) is 0.585. The van der Waals surface area contributed by atoms with E-state index in [4.69, 9.17) is 0 Å². The summed E-state index contributed by atoms with van der Waals surface area (Å²) >= 11 is 0. The number of anilines is 1. The highest BCUT2D eigenvalue weighted by molar-refractivity contribution is 6.23. The first kappa shape index (κ1) is 14.7. The fraction of sp³-hybridized carbons (Fsp3) is 0.500. The van der Waals surface area contributed by atoms with Crippen LogP contribution in [-0.4, -0.2) is 11.8 Å². The van der Waals surface area contributed by atoms with E-state index in [1.165, 1.54) is 21.6 Å². The van der Waals surface area contributed by atoms with Crippen molar-refractivity contribution in [2.24, 2.45) is 23.7 Å². The fourth-order valence-electron chi connectivity index (χ4n) is 5.11. The smallest absolute Gasteiger partial charge is 0.238 e. The number of nitrogens with zero attached hydrogens (tertiary/aromatic N) is 1. The molecule has 3 heteroatoms. The lowest BCUT2D eigenvalue weighted by molar-refractivity contribution is -0.123. The Bertz CT molecular complexity index is 725. The van der Waals surface area contributed by atoms with E-state index < -0.39 is 0 Å². The molecular weight excluding hydrogens is 286 g/mol. The highest BCUT2D eigenvalue weighted by Gasteiger charge is 2.63. The van der Waals surface area contributed by atoms with Crippen LogP contribution in [0.25, 0.3) is 0 Å². The van der Waals surface area contributed by atoms with Crippen LogP contribution in [0.2, 0.25) is 0 Å². The standard InChI is InChI=1S/C20H23NO2/c1-10(2)16-14-7-8-15(16)18-17(14)19(22)21(20(18)23)13-6-5-11(3)12(4)9-13/h5-6,9,14-15,17-18H,7-8H2,1-4H3/t14-,15-,17+,18+/m1/s1. The van der Waals surface area contributed by atoms with E-state index in [9.17, 15) is 9.59 Å². The minimum Gasteiger partial charge on any atom is -0.274 e. The van der Waals surface area contributed by atoms with Crippen molar-refractivity contribution in [3.05, 3.63) is 40.5 Å². The first-order valence-electron chi connectivity index (χ1n) is 8.54. The van der Waals surface area contributed by atoms with Gasteiger partial charge in [0.25, 0.3) is 0 Å². The number of rotatable bonds is 1. The molecule has 1 aromatic carbocycles. The van der Waals surface area contributed by atoms with Gasteiger partial charge < -0.3 is 0 Å². The molecule has 1 aromatic rings. The Balaban J connectivity index is 1.76. The maximum absolute atomic E-state index is 13.0. The Morgan fingerprint density at radius 1 is 0.957 bits per heavy atom. The number of aryl methyl sites for hydroxylation is 2. The molecule has 0 radical (unpaired) electrons. The van der Waals surface area contributed by atoms with E-state index in [1.807, 2.05) is 32.0 Å². The van der Waals surface area contributed by atoms with E-state index in [2.05, 4.69) is 13.8 Å². The summed E-state index contributed by atoms with van der Waals surface area (Å²) in [5.74, 6) is 0.398. The van der Waals surface area contributed by atoms with Gasteiger partial charge in [0.15, 0.2) is 0 Å². The Labute approximate surface area is 137 Å². The van der Waals surface area contributed by atoms with Gasteiger partial charge in [0.1, 0.15) is 0 Å². The van der Waals surface area contributed by atoms with Crippen molar-refractivity contribution in [3.63, 3.8) is 0 Å². The number of amides is 2. The van der Waals surface area contributed by atoms with Crippen LogP contribution >= 0.6 is 0 Å². The largest absolute Gasteiger partial charge is 0.274 e. The zero-order valence-corrected chi connectivity index (χ0v) is 14.2. The van der Waals surface area contributed by atoms with Gasteiger partial charge in [0.05, 0.1) is 17.5 Å². The van der Waals surface area contributed by atoms with Crippen LogP contribution in [0.5, 0.6) is 0 Å². The Kier molecular flexibility index (Phi) is 3.06. The van der Waals surface area contributed by atoms with Gasteiger partial charge in [-0.15, -0.1) is 0 Å². The molecule has 0 N–H and O–H groups in total. The third-order valence-electron chi connectivity index (χ3n) is 6.18. The SMILES string of the molecule is CC(C)=C1[C@H]2CC[C@H]1[C@@H]1C(=O)N(c3ccc(C)c(C)c3)C(=O)[C@H]12. The molecule has 0 unspecified atom stereocenters. The molecule has 23 heavy (non-hydrogen) atoms. The van der Waals surface area contributed by atoms with Gasteiger partial charge in [-0.2, -0.15) is 0 Å². The maximum Gasteiger partial charge on any atom is 0.238 e. The van der Waals surface area contributed by atoms with Gasteiger partial charge in [-0.3, -0.25) is 14.5 Å². The second-order valence-electron chi connectivity index (χ2n) is 7.58. The number of allylic oxidation sites excluding steroid dienone is 2. The lowest BCUT2D eigenvalue weighted by atomic mass is 9.81. The molecule has 2 bridgehead atoms. The number of hydrogen-bond acceptors (Lipinski definition) is 2. The predicted molar refractivity (Wildman–Crippen MR) is 90.0 cm³/mol. The second-order valence-corrected chi connectivity index (χ2v) is 7.58. The molecule has 0 aromatic heterocycles. The fourth-order valence-corrected chi connectivity index (χ4v) is 5.11. The third kappa shape index (κ3) is 1.82. The minimum atomic E-state index is -0.118. The topological polar surface area (TPSA) is 37.4 Å². The molecule has 3 fully saturated rings. The molecule has 1 heterocycles. The molecule has 120 valence electrons. The van der Waals surface area contributed by atoms with Gasteiger partial charge in [0, 0.05) is 0 Å². The van der Waals surface area contributed by atoms with Crippen molar-refractivity contribution < 1.29 is 9.59 Å². The molecule has 1 aliphatic heterocycles. The van der Waals surface area contributed by atoms with Gasteiger partial charge in [-0.25, -0.2) is 0 Å². The number of benzene rings is 1. The second kappa shape index (κ2) is 4.80. The van der Waals surface area contributed by atoms with Gasteiger partial charge in [-0.05, 0) is 75.6 Å². The number of fused-ring (bicyclic) bond motifs is 5. The molecule has 3 aliphatic rings. The third-order valence-corrected chi connectivity index (χ3v) is 6.18. The average Bonchev–Trinajstić information content (AvgIpc) is 3.13. The summed E-state index contributed by atoms with van der Waals surface area (Å²) in [6, 6.07) is 5.87. The van der Waals surface area contributed by atoms with Crippen molar-refractivity contribution in [3.8, 4) is 0 Å². The van der Waals surface area contributed by atoms with E-state index in [-0.39, 0.29) is 23.7 Å². The van der Waals surface area contributed by atoms with Crippen LogP contribution < -0.4 is 4.90 Å². The predicted octanol–water partition coefficient (Wildman–Crippen LogP) is 3.79. The summed E-state index contributed by atoms with van der Waals surface area (Å²) < 4.78 is 0. The summed E-state index contributed by atoms with van der Waals surface area (Å²) in [5.41, 5.74) is 5.76. The van der Waals surface area contributed by atoms with E-state index in [0.717, 1.165) is 24.1 Å². The molecule has 2 saturated carbocycles. The van der Waals surface area contributed by atoms with Gasteiger partial charge >= 0.3 is 0 Å². The van der Waals surface area contributed by atoms with Crippen molar-refractivity contribution >= 4 is 17.5 Å². The summed E-state index contributed by atoms with van der Waals surface area (Å²) in [5, 5.41) is 0. The van der Waals surface area contributed by atoms with Crippen LogP contribution in [0.3, 0.4) is 0 Å². The Morgan fingerprint density at radius 3 is 2.00 bits per heavy atom. The van der Waals surface area contributed by atoms with Crippen molar-refractivity contribution in [1.29, 1.82) is 0 Å². The maximum atomic E-state index is 13.0. The van der Waals surface area contributed by atoms with Crippen molar-refractivity contribution in [2.75, 3.05) is 4.90 Å². The van der Waals surface area contributed by atoms with Crippen molar-refractivity contribution in [2.45, 2.75) is 40.5 Å². The van der Waals surface area contributed by atoms with Crippen LogP contribution in [0.4, 0.5) is 5.69 Å². The summed E-state index contributed by atoms with van der Waals surface area (Å²) in [6.07, 6.45) is 2.12. The summed E-state index contributed by atoms with van der Waals surface area (Å²) in [4.78, 5) is 27.5. The first-order chi connectivity index (χ1) is 10.9. The highest BCUT2D eigenvalue weighted by atomic mass is 16.2. The summed E-state index contributed by atoms with van der Waals surface area (Å²) in [6.45, 7) is 8.31. The molecule has 1 saturated heterocycles. The molecule has 3 nitrogen and oxygen atoms in total. The van der Waals surface area contributed by atoms with Crippen molar-refractivity contribution in [1.82, 2.24) is 0 Å². The number of carbonyl (C=O) groups excluding carboxylic acids is 2. The normalized spacial score (nSPS) is 32.0. The van der Waals surface area contributed by atoms with Gasteiger partial charge in [-0.1, -0.05) is 17.2 Å². The van der Waals surface area contributed by atoms with E-state index in [1.54, 1.807) is 0 Å². The van der Waals surface area contributed by atoms with Crippen LogP contribution in [0, 0.1) is 37.5 Å². The molecule has 4 rings (SSSR count). The van der Waals surface area contributed by atoms with Crippen LogP contribution in [0.1, 0.15) is 37.8 Å². The lowest BCUT2D eigenvalue weighted by Gasteiger charge is -2.20. The Morgan fingerprint density at radius 2 is 1.52 bits per heavy atom. The minimum absolute atomic E-state index is 0.0224. The molecule has 0 spiro atoms.